The maximum Gasteiger partial charge on any atom is 0.211 e. The van der Waals surface area contributed by atoms with Gasteiger partial charge in [-0.1, -0.05) is 13.3 Å². The van der Waals surface area contributed by atoms with Gasteiger partial charge >= 0.3 is 0 Å². The predicted molar refractivity (Wildman–Crippen MR) is 76.2 cm³/mol. The maximum atomic E-state index is 10.6. The summed E-state index contributed by atoms with van der Waals surface area (Å²) in [5, 5.41) is 4.82. The fraction of sp³-hybridized carbons (Fsp3) is 1.00. The lowest BCUT2D eigenvalue weighted by Crippen LogP contribution is -2.21. The summed E-state index contributed by atoms with van der Waals surface area (Å²) in [6.45, 7) is 5.91. The van der Waals surface area contributed by atoms with Crippen LogP contribution in [0.5, 0.6) is 0 Å². The zero-order valence-corrected chi connectivity index (χ0v) is 13.0. The fourth-order valence-electron chi connectivity index (χ4n) is 1.18. The molecule has 0 radical (unpaired) electrons. The molecule has 0 atom stereocenters. The van der Waals surface area contributed by atoms with Crippen LogP contribution in [0.15, 0.2) is 0 Å². The quantitative estimate of drug-likeness (QED) is 0.432. The molecule has 0 saturated heterocycles. The van der Waals surface area contributed by atoms with Crippen LogP contribution in [0, 0.1) is 0 Å². The third kappa shape index (κ3) is 17.8. The van der Waals surface area contributed by atoms with E-state index in [-0.39, 0.29) is 12.4 Å². The van der Waals surface area contributed by atoms with Gasteiger partial charge < -0.3 is 18.9 Å². The highest BCUT2D eigenvalue weighted by molar-refractivity contribution is 7.89. The second-order valence-electron chi connectivity index (χ2n) is 4.17. The number of hydrogen-bond acceptors (Lipinski definition) is 6. The molecule has 0 fully saturated rings. The molecule has 0 rings (SSSR count). The smallest absolute Gasteiger partial charge is 0.211 e. The van der Waals surface area contributed by atoms with E-state index in [1.165, 1.54) is 0 Å². The molecule has 7 nitrogen and oxygen atoms in total. The van der Waals surface area contributed by atoms with E-state index < -0.39 is 10.0 Å². The van der Waals surface area contributed by atoms with E-state index in [1.807, 2.05) is 0 Å². The van der Waals surface area contributed by atoms with Crippen molar-refractivity contribution in [2.24, 2.45) is 5.14 Å². The van der Waals surface area contributed by atoms with Crippen molar-refractivity contribution in [3.63, 3.8) is 0 Å². The van der Waals surface area contributed by atoms with Gasteiger partial charge in [0.05, 0.1) is 52.0 Å². The summed E-state index contributed by atoms with van der Waals surface area (Å²) in [5.74, 6) is -0.172. The van der Waals surface area contributed by atoms with Gasteiger partial charge in [0.1, 0.15) is 0 Å². The average molecular weight is 313 g/mol. The topological polar surface area (TPSA) is 97.1 Å². The van der Waals surface area contributed by atoms with Crippen LogP contribution in [0.25, 0.3) is 0 Å². The second kappa shape index (κ2) is 13.7. The minimum Gasteiger partial charge on any atom is -0.379 e. The molecule has 0 amide bonds. The summed E-state index contributed by atoms with van der Waals surface area (Å²) in [5.41, 5.74) is 0. The largest absolute Gasteiger partial charge is 0.379 e. The molecule has 0 aromatic heterocycles. The van der Waals surface area contributed by atoms with E-state index in [0.717, 1.165) is 19.4 Å². The molecule has 0 unspecified atom stereocenters. The molecule has 0 heterocycles. The first-order valence-electron chi connectivity index (χ1n) is 6.87. The number of ether oxygens (including phenoxy) is 4. The third-order valence-corrected chi connectivity index (χ3v) is 3.01. The van der Waals surface area contributed by atoms with Crippen LogP contribution in [0.2, 0.25) is 0 Å². The van der Waals surface area contributed by atoms with Gasteiger partial charge in [-0.3, -0.25) is 0 Å². The summed E-state index contributed by atoms with van der Waals surface area (Å²) in [4.78, 5) is 0. The van der Waals surface area contributed by atoms with Gasteiger partial charge in [-0.15, -0.1) is 0 Å². The minimum absolute atomic E-state index is 0.0911. The van der Waals surface area contributed by atoms with Crippen LogP contribution in [0.1, 0.15) is 19.8 Å². The van der Waals surface area contributed by atoms with Gasteiger partial charge in [0, 0.05) is 6.61 Å². The molecule has 20 heavy (non-hydrogen) atoms. The number of unbranched alkanes of at least 4 members (excludes halogenated alkanes) is 1. The summed E-state index contributed by atoms with van der Waals surface area (Å²) in [6, 6.07) is 0. The van der Waals surface area contributed by atoms with Gasteiger partial charge in [0.2, 0.25) is 10.0 Å². The number of primary sulfonamides is 1. The van der Waals surface area contributed by atoms with Crippen molar-refractivity contribution in [2.45, 2.75) is 19.8 Å². The van der Waals surface area contributed by atoms with E-state index >= 15 is 0 Å². The maximum absolute atomic E-state index is 10.6. The molecule has 0 aromatic carbocycles. The molecular weight excluding hydrogens is 286 g/mol. The Bertz CT molecular complexity index is 296. The van der Waals surface area contributed by atoms with Crippen LogP contribution in [0.4, 0.5) is 0 Å². The predicted octanol–water partition coefficient (Wildman–Crippen LogP) is 0.141. The first kappa shape index (κ1) is 19.8. The Morgan fingerprint density at radius 3 is 1.55 bits per heavy atom. The Morgan fingerprint density at radius 2 is 1.15 bits per heavy atom. The van der Waals surface area contributed by atoms with Crippen molar-refractivity contribution in [1.29, 1.82) is 0 Å². The molecule has 122 valence electrons. The van der Waals surface area contributed by atoms with Crippen molar-refractivity contribution < 1.29 is 27.4 Å². The minimum atomic E-state index is -3.44. The number of rotatable bonds is 15. The zero-order valence-electron chi connectivity index (χ0n) is 12.2. The van der Waals surface area contributed by atoms with E-state index in [9.17, 15) is 8.42 Å². The first-order valence-corrected chi connectivity index (χ1v) is 8.59. The third-order valence-electron chi connectivity index (χ3n) is 2.27. The van der Waals surface area contributed by atoms with Crippen LogP contribution in [-0.4, -0.2) is 67.0 Å². The van der Waals surface area contributed by atoms with Gasteiger partial charge in [-0.05, 0) is 6.42 Å². The number of nitrogens with two attached hydrogens (primary N) is 1. The molecule has 2 N–H and O–H groups in total. The second-order valence-corrected chi connectivity index (χ2v) is 5.90. The summed E-state index contributed by atoms with van der Waals surface area (Å²) in [7, 11) is -3.44. The Morgan fingerprint density at radius 1 is 0.750 bits per heavy atom. The van der Waals surface area contributed by atoms with Crippen molar-refractivity contribution in [3.05, 3.63) is 0 Å². The summed E-state index contributed by atoms with van der Waals surface area (Å²) < 4.78 is 42.1. The first-order chi connectivity index (χ1) is 9.56. The van der Waals surface area contributed by atoms with Crippen molar-refractivity contribution >= 4 is 10.0 Å². The molecule has 0 saturated carbocycles. The lowest BCUT2D eigenvalue weighted by Gasteiger charge is -2.07. The number of hydrogen-bond donors (Lipinski definition) is 1. The van der Waals surface area contributed by atoms with Gasteiger partial charge in [-0.2, -0.15) is 0 Å². The highest BCUT2D eigenvalue weighted by atomic mass is 32.2. The van der Waals surface area contributed by atoms with Gasteiger partial charge in [0.25, 0.3) is 0 Å². The Kier molecular flexibility index (Phi) is 13.5. The molecular formula is C12H27NO6S. The highest BCUT2D eigenvalue weighted by Gasteiger charge is 2.01. The fourth-order valence-corrected chi connectivity index (χ4v) is 1.53. The molecule has 0 aromatic rings. The van der Waals surface area contributed by atoms with Crippen molar-refractivity contribution in [3.8, 4) is 0 Å². The monoisotopic (exact) mass is 313 g/mol. The van der Waals surface area contributed by atoms with Crippen molar-refractivity contribution in [2.75, 3.05) is 58.6 Å². The summed E-state index contributed by atoms with van der Waals surface area (Å²) >= 11 is 0. The van der Waals surface area contributed by atoms with E-state index in [4.69, 9.17) is 24.1 Å². The van der Waals surface area contributed by atoms with E-state index in [2.05, 4.69) is 6.92 Å². The van der Waals surface area contributed by atoms with Crippen LogP contribution < -0.4 is 5.14 Å². The Hall–Kier alpha value is -0.250. The zero-order chi connectivity index (χ0) is 15.1. The number of sulfonamides is 1. The highest BCUT2D eigenvalue weighted by Crippen LogP contribution is 1.88. The summed E-state index contributed by atoms with van der Waals surface area (Å²) in [6.07, 6.45) is 2.21. The molecule has 0 aliphatic carbocycles. The lowest BCUT2D eigenvalue weighted by molar-refractivity contribution is -0.000560. The van der Waals surface area contributed by atoms with Crippen LogP contribution >= 0.6 is 0 Å². The molecule has 0 aliphatic rings. The van der Waals surface area contributed by atoms with Crippen LogP contribution in [0.3, 0.4) is 0 Å². The Labute approximate surface area is 121 Å². The van der Waals surface area contributed by atoms with Gasteiger partial charge in [0.15, 0.2) is 0 Å². The van der Waals surface area contributed by atoms with E-state index in [0.29, 0.717) is 39.6 Å². The molecule has 8 heteroatoms. The Balaban J connectivity index is 3.03. The van der Waals surface area contributed by atoms with Crippen molar-refractivity contribution in [1.82, 2.24) is 0 Å². The molecule has 0 spiro atoms. The van der Waals surface area contributed by atoms with E-state index in [1.54, 1.807) is 0 Å². The van der Waals surface area contributed by atoms with Gasteiger partial charge in [-0.25, -0.2) is 13.6 Å². The standard InChI is InChI=1S/C12H27NO6S/c1-2-3-4-16-5-6-17-7-8-18-9-10-19-11-12-20(13,14)15/h2-12H2,1H3,(H2,13,14,15). The molecule has 0 bridgehead atoms. The molecule has 0 aliphatic heterocycles. The van der Waals surface area contributed by atoms with Crippen LogP contribution in [-0.2, 0) is 29.0 Å². The average Bonchev–Trinajstić information content (AvgIpc) is 2.38. The SMILES string of the molecule is CCCCOCCOCCOCCOCCS(N)(=O)=O. The lowest BCUT2D eigenvalue weighted by atomic mass is 10.4. The normalized spacial score (nSPS) is 11.9.